The fourth-order valence-electron chi connectivity index (χ4n) is 1.81. The lowest BCUT2D eigenvalue weighted by Gasteiger charge is -2.03. The third-order valence-electron chi connectivity index (χ3n) is 2.84. The summed E-state index contributed by atoms with van der Waals surface area (Å²) in [7, 11) is 0. The zero-order valence-corrected chi connectivity index (χ0v) is 12.8. The number of anilines is 1. The van der Waals surface area contributed by atoms with Crippen molar-refractivity contribution in [2.24, 2.45) is 5.73 Å². The SMILES string of the molecule is CCc1nc(NC(=O)c2ccncc2C#CCN)sc1C. The first-order chi connectivity index (χ1) is 10.2. The molecule has 0 fully saturated rings. The maximum absolute atomic E-state index is 12.3. The maximum Gasteiger partial charge on any atom is 0.258 e. The van der Waals surface area contributed by atoms with Gasteiger partial charge >= 0.3 is 0 Å². The molecule has 2 heterocycles. The van der Waals surface area contributed by atoms with E-state index in [0.717, 1.165) is 17.0 Å². The van der Waals surface area contributed by atoms with Crippen molar-refractivity contribution in [3.8, 4) is 11.8 Å². The Labute approximate surface area is 127 Å². The second-order valence-corrected chi connectivity index (χ2v) is 5.46. The van der Waals surface area contributed by atoms with Gasteiger partial charge in [0.1, 0.15) is 0 Å². The molecule has 0 saturated heterocycles. The fraction of sp³-hybridized carbons (Fsp3) is 0.267. The van der Waals surface area contributed by atoms with Crippen LogP contribution in [0.4, 0.5) is 5.13 Å². The number of pyridine rings is 1. The third kappa shape index (κ3) is 3.66. The molecule has 2 aromatic rings. The van der Waals surface area contributed by atoms with Crippen LogP contribution >= 0.6 is 11.3 Å². The van der Waals surface area contributed by atoms with Gasteiger partial charge in [0.15, 0.2) is 5.13 Å². The minimum atomic E-state index is -0.241. The fourth-order valence-corrected chi connectivity index (χ4v) is 2.71. The van der Waals surface area contributed by atoms with Gasteiger partial charge < -0.3 is 5.73 Å². The molecule has 0 aliphatic rings. The van der Waals surface area contributed by atoms with E-state index in [9.17, 15) is 4.79 Å². The Morgan fingerprint density at radius 3 is 3.00 bits per heavy atom. The molecule has 5 nitrogen and oxygen atoms in total. The number of carbonyl (C=O) groups excluding carboxylic acids is 1. The van der Waals surface area contributed by atoms with E-state index in [1.165, 1.54) is 11.3 Å². The van der Waals surface area contributed by atoms with Crippen LogP contribution in [0.5, 0.6) is 0 Å². The van der Waals surface area contributed by atoms with Crippen LogP contribution in [0.25, 0.3) is 0 Å². The lowest BCUT2D eigenvalue weighted by Crippen LogP contribution is -2.13. The van der Waals surface area contributed by atoms with Crippen molar-refractivity contribution in [3.05, 3.63) is 40.2 Å². The van der Waals surface area contributed by atoms with Gasteiger partial charge in [-0.3, -0.25) is 15.1 Å². The average molecular weight is 300 g/mol. The Hall–Kier alpha value is -2.23. The predicted octanol–water partition coefficient (Wildman–Crippen LogP) is 1.97. The van der Waals surface area contributed by atoms with E-state index >= 15 is 0 Å². The van der Waals surface area contributed by atoms with Crippen LogP contribution in [-0.2, 0) is 6.42 Å². The summed E-state index contributed by atoms with van der Waals surface area (Å²) in [4.78, 5) is 21.8. The summed E-state index contributed by atoms with van der Waals surface area (Å²) in [5.74, 6) is 5.34. The lowest BCUT2D eigenvalue weighted by atomic mass is 10.1. The number of hydrogen-bond acceptors (Lipinski definition) is 5. The number of thiazole rings is 1. The standard InChI is InChI=1S/C15H16N4OS/c1-3-13-10(2)21-15(18-13)19-14(20)12-6-8-17-9-11(12)5-4-7-16/h6,8-9H,3,7,16H2,1-2H3,(H,18,19,20). The Balaban J connectivity index is 2.24. The van der Waals surface area contributed by atoms with E-state index in [-0.39, 0.29) is 12.5 Å². The Morgan fingerprint density at radius 2 is 2.33 bits per heavy atom. The quantitative estimate of drug-likeness (QED) is 0.849. The number of rotatable bonds is 3. The van der Waals surface area contributed by atoms with E-state index in [4.69, 9.17) is 5.73 Å². The van der Waals surface area contributed by atoms with Crippen LogP contribution in [0, 0.1) is 18.8 Å². The van der Waals surface area contributed by atoms with E-state index in [2.05, 4.69) is 27.1 Å². The molecular weight excluding hydrogens is 284 g/mol. The van der Waals surface area contributed by atoms with Crippen LogP contribution in [0.3, 0.4) is 0 Å². The first kappa shape index (κ1) is 15.2. The largest absolute Gasteiger partial charge is 0.320 e. The van der Waals surface area contributed by atoms with Crippen molar-refractivity contribution >= 4 is 22.4 Å². The van der Waals surface area contributed by atoms with Gasteiger partial charge in [0, 0.05) is 17.3 Å². The van der Waals surface area contributed by atoms with Gasteiger partial charge in [-0.25, -0.2) is 4.98 Å². The molecule has 3 N–H and O–H groups in total. The Kier molecular flexibility index (Phi) is 5.04. The summed E-state index contributed by atoms with van der Waals surface area (Å²) in [6, 6.07) is 1.64. The highest BCUT2D eigenvalue weighted by Gasteiger charge is 2.13. The number of nitrogens with two attached hydrogens (primary N) is 1. The molecular formula is C15H16N4OS. The molecule has 0 bridgehead atoms. The van der Waals surface area contributed by atoms with E-state index in [1.54, 1.807) is 18.5 Å². The zero-order valence-electron chi connectivity index (χ0n) is 11.9. The molecule has 2 aromatic heterocycles. The normalized spacial score (nSPS) is 9.86. The van der Waals surface area contributed by atoms with Crippen LogP contribution in [0.15, 0.2) is 18.5 Å². The van der Waals surface area contributed by atoms with Crippen molar-refractivity contribution in [1.29, 1.82) is 0 Å². The summed E-state index contributed by atoms with van der Waals surface area (Å²) in [5, 5.41) is 3.41. The number of nitrogens with one attached hydrogen (secondary N) is 1. The van der Waals surface area contributed by atoms with Gasteiger partial charge in [-0.05, 0) is 19.4 Å². The molecule has 0 aromatic carbocycles. The average Bonchev–Trinajstić information content (AvgIpc) is 2.85. The molecule has 0 saturated carbocycles. The van der Waals surface area contributed by atoms with Gasteiger partial charge in [0.25, 0.3) is 5.91 Å². The van der Waals surface area contributed by atoms with Crippen LogP contribution < -0.4 is 11.1 Å². The maximum atomic E-state index is 12.3. The first-order valence-corrected chi connectivity index (χ1v) is 7.38. The molecule has 2 rings (SSSR count). The molecule has 0 spiro atoms. The molecule has 0 radical (unpaired) electrons. The molecule has 6 heteroatoms. The molecule has 108 valence electrons. The molecule has 0 aliphatic carbocycles. The minimum absolute atomic E-state index is 0.238. The molecule has 0 unspecified atom stereocenters. The van der Waals surface area contributed by atoms with Crippen molar-refractivity contribution < 1.29 is 4.79 Å². The number of amides is 1. The second kappa shape index (κ2) is 6.97. The summed E-state index contributed by atoms with van der Waals surface area (Å²) < 4.78 is 0. The van der Waals surface area contributed by atoms with Crippen LogP contribution in [0.1, 0.15) is 33.4 Å². The van der Waals surface area contributed by atoms with Gasteiger partial charge in [0.2, 0.25) is 0 Å². The minimum Gasteiger partial charge on any atom is -0.320 e. The summed E-state index contributed by atoms with van der Waals surface area (Å²) >= 11 is 1.47. The van der Waals surface area contributed by atoms with Crippen molar-refractivity contribution in [2.45, 2.75) is 20.3 Å². The zero-order chi connectivity index (χ0) is 15.2. The Morgan fingerprint density at radius 1 is 1.52 bits per heavy atom. The van der Waals surface area contributed by atoms with Crippen molar-refractivity contribution in [3.63, 3.8) is 0 Å². The van der Waals surface area contributed by atoms with E-state index in [0.29, 0.717) is 16.3 Å². The van der Waals surface area contributed by atoms with E-state index in [1.807, 2.05) is 13.8 Å². The molecule has 0 aliphatic heterocycles. The first-order valence-electron chi connectivity index (χ1n) is 6.56. The summed E-state index contributed by atoms with van der Waals surface area (Å²) in [6.45, 7) is 4.27. The number of carbonyl (C=O) groups is 1. The number of hydrogen-bond donors (Lipinski definition) is 2. The predicted molar refractivity (Wildman–Crippen MR) is 84.4 cm³/mol. The molecule has 21 heavy (non-hydrogen) atoms. The third-order valence-corrected chi connectivity index (χ3v) is 3.77. The number of nitrogens with zero attached hydrogens (tertiary/aromatic N) is 2. The smallest absolute Gasteiger partial charge is 0.258 e. The van der Waals surface area contributed by atoms with E-state index < -0.39 is 0 Å². The number of aryl methyl sites for hydroxylation is 2. The Bertz CT molecular complexity index is 712. The van der Waals surface area contributed by atoms with Gasteiger partial charge in [-0.1, -0.05) is 18.8 Å². The van der Waals surface area contributed by atoms with Gasteiger partial charge in [-0.15, -0.1) is 11.3 Å². The highest BCUT2D eigenvalue weighted by Crippen LogP contribution is 2.23. The van der Waals surface area contributed by atoms with Crippen LogP contribution in [-0.4, -0.2) is 22.4 Å². The van der Waals surface area contributed by atoms with Crippen molar-refractivity contribution in [2.75, 3.05) is 11.9 Å². The summed E-state index contributed by atoms with van der Waals surface area (Å²) in [6.07, 6.45) is 3.97. The highest BCUT2D eigenvalue weighted by atomic mass is 32.1. The van der Waals surface area contributed by atoms with Gasteiger partial charge in [0.05, 0.1) is 23.4 Å². The molecule has 1 amide bonds. The lowest BCUT2D eigenvalue weighted by molar-refractivity contribution is 0.102. The van der Waals surface area contributed by atoms with Crippen molar-refractivity contribution in [1.82, 2.24) is 9.97 Å². The van der Waals surface area contributed by atoms with Crippen LogP contribution in [0.2, 0.25) is 0 Å². The highest BCUT2D eigenvalue weighted by molar-refractivity contribution is 7.15. The topological polar surface area (TPSA) is 80.9 Å². The van der Waals surface area contributed by atoms with Gasteiger partial charge in [-0.2, -0.15) is 0 Å². The molecule has 0 atom stereocenters. The second-order valence-electron chi connectivity index (χ2n) is 4.26. The number of aromatic nitrogens is 2. The summed E-state index contributed by atoms with van der Waals surface area (Å²) in [5.41, 5.74) is 7.39. The monoisotopic (exact) mass is 300 g/mol.